The first-order chi connectivity index (χ1) is 10.7. The van der Waals surface area contributed by atoms with E-state index in [1.54, 1.807) is 0 Å². The van der Waals surface area contributed by atoms with Gasteiger partial charge in [-0.1, -0.05) is 30.3 Å². The molecule has 6 heteroatoms. The van der Waals surface area contributed by atoms with Crippen LogP contribution in [0.5, 0.6) is 0 Å². The van der Waals surface area contributed by atoms with E-state index < -0.39 is 0 Å². The van der Waals surface area contributed by atoms with Crippen LogP contribution < -0.4 is 5.73 Å². The number of halogens is 1. The van der Waals surface area contributed by atoms with Crippen molar-refractivity contribution >= 4 is 35.8 Å². The van der Waals surface area contributed by atoms with Crippen molar-refractivity contribution in [3.63, 3.8) is 0 Å². The second-order valence-corrected chi connectivity index (χ2v) is 5.62. The fraction of sp³-hybridized carbons (Fsp3) is 0.529. The summed E-state index contributed by atoms with van der Waals surface area (Å²) >= 11 is 0. The van der Waals surface area contributed by atoms with E-state index in [0.29, 0.717) is 19.0 Å². The SMILES string of the molecule is CCN(Cc1ccccc1)C(=O)CN=C(N)N1CCCCC1.I. The Morgan fingerprint density at radius 3 is 2.48 bits per heavy atom. The van der Waals surface area contributed by atoms with Crippen molar-refractivity contribution in [2.45, 2.75) is 32.7 Å². The van der Waals surface area contributed by atoms with E-state index in [1.165, 1.54) is 6.42 Å². The van der Waals surface area contributed by atoms with Crippen LogP contribution in [0.1, 0.15) is 31.7 Å². The zero-order valence-electron chi connectivity index (χ0n) is 13.8. The maximum Gasteiger partial charge on any atom is 0.244 e. The Balaban J connectivity index is 0.00000264. The molecule has 0 atom stereocenters. The molecule has 1 aliphatic heterocycles. The van der Waals surface area contributed by atoms with Crippen LogP contribution in [0.15, 0.2) is 35.3 Å². The number of hydrogen-bond donors (Lipinski definition) is 1. The maximum atomic E-state index is 12.3. The lowest BCUT2D eigenvalue weighted by Crippen LogP contribution is -2.41. The number of piperidine rings is 1. The summed E-state index contributed by atoms with van der Waals surface area (Å²) in [7, 11) is 0. The van der Waals surface area contributed by atoms with Crippen LogP contribution >= 0.6 is 24.0 Å². The monoisotopic (exact) mass is 430 g/mol. The summed E-state index contributed by atoms with van der Waals surface area (Å²) in [6, 6.07) is 10.0. The Morgan fingerprint density at radius 1 is 1.22 bits per heavy atom. The van der Waals surface area contributed by atoms with Gasteiger partial charge in [-0.05, 0) is 31.7 Å². The second kappa shape index (κ2) is 10.5. The van der Waals surface area contributed by atoms with Crippen LogP contribution in [0.25, 0.3) is 0 Å². The number of likely N-dealkylation sites (N-methyl/N-ethyl adjacent to an activating group) is 1. The van der Waals surface area contributed by atoms with Gasteiger partial charge >= 0.3 is 0 Å². The van der Waals surface area contributed by atoms with Gasteiger partial charge in [-0.2, -0.15) is 0 Å². The van der Waals surface area contributed by atoms with Crippen LogP contribution in [0.3, 0.4) is 0 Å². The predicted octanol–water partition coefficient (Wildman–Crippen LogP) is 2.45. The highest BCUT2D eigenvalue weighted by Crippen LogP contribution is 2.08. The van der Waals surface area contributed by atoms with E-state index in [9.17, 15) is 4.79 Å². The van der Waals surface area contributed by atoms with E-state index in [1.807, 2.05) is 42.2 Å². The number of carbonyl (C=O) groups excluding carboxylic acids is 1. The summed E-state index contributed by atoms with van der Waals surface area (Å²) in [5, 5.41) is 0. The number of likely N-dealkylation sites (tertiary alicyclic amines) is 1. The third kappa shape index (κ3) is 6.37. The molecule has 2 rings (SSSR count). The molecule has 0 saturated carbocycles. The highest BCUT2D eigenvalue weighted by atomic mass is 127. The standard InChI is InChI=1S/C17H26N4O.HI/c1-2-20(14-15-9-5-3-6-10-15)16(22)13-19-17(18)21-11-7-4-8-12-21;/h3,5-6,9-10H,2,4,7-8,11-14H2,1H3,(H2,18,19);1H. The average Bonchev–Trinajstić information content (AvgIpc) is 2.59. The van der Waals surface area contributed by atoms with Crippen LogP contribution in [0.2, 0.25) is 0 Å². The van der Waals surface area contributed by atoms with Crippen LogP contribution in [0.4, 0.5) is 0 Å². The van der Waals surface area contributed by atoms with Crippen LogP contribution in [-0.4, -0.2) is 47.8 Å². The number of carbonyl (C=O) groups is 1. The molecular formula is C17H27IN4O. The number of guanidine groups is 1. The van der Waals surface area contributed by atoms with Gasteiger partial charge in [-0.25, -0.2) is 4.99 Å². The minimum absolute atomic E-state index is 0. The fourth-order valence-electron chi connectivity index (χ4n) is 2.65. The Hall–Kier alpha value is -1.31. The smallest absolute Gasteiger partial charge is 0.244 e. The Kier molecular flexibility index (Phi) is 8.98. The Labute approximate surface area is 156 Å². The Morgan fingerprint density at radius 2 is 1.87 bits per heavy atom. The van der Waals surface area contributed by atoms with E-state index >= 15 is 0 Å². The Bertz CT molecular complexity index is 501. The molecule has 2 N–H and O–H groups in total. The molecule has 0 aliphatic carbocycles. The largest absolute Gasteiger partial charge is 0.370 e. The molecule has 0 bridgehead atoms. The fourth-order valence-corrected chi connectivity index (χ4v) is 2.65. The molecule has 23 heavy (non-hydrogen) atoms. The number of nitrogens with zero attached hydrogens (tertiary/aromatic N) is 3. The zero-order valence-corrected chi connectivity index (χ0v) is 16.1. The molecule has 0 radical (unpaired) electrons. The summed E-state index contributed by atoms with van der Waals surface area (Å²) < 4.78 is 0. The minimum atomic E-state index is 0. The van der Waals surface area contributed by atoms with Crippen molar-refractivity contribution in [3.8, 4) is 0 Å². The number of nitrogens with two attached hydrogens (primary N) is 1. The lowest BCUT2D eigenvalue weighted by atomic mass is 10.1. The van der Waals surface area contributed by atoms with Crippen molar-refractivity contribution in [3.05, 3.63) is 35.9 Å². The van der Waals surface area contributed by atoms with E-state index in [0.717, 1.165) is 31.5 Å². The van der Waals surface area contributed by atoms with Gasteiger partial charge in [0.05, 0.1) is 0 Å². The van der Waals surface area contributed by atoms with Crippen molar-refractivity contribution < 1.29 is 4.79 Å². The van der Waals surface area contributed by atoms with Gasteiger partial charge in [-0.15, -0.1) is 24.0 Å². The molecular weight excluding hydrogens is 403 g/mol. The number of rotatable bonds is 5. The van der Waals surface area contributed by atoms with Gasteiger partial charge in [0.2, 0.25) is 5.91 Å². The molecule has 1 aromatic rings. The number of aliphatic imine (C=N–C) groups is 1. The van der Waals surface area contributed by atoms with Gasteiger partial charge in [0.15, 0.2) is 5.96 Å². The molecule has 1 heterocycles. The molecule has 5 nitrogen and oxygen atoms in total. The van der Waals surface area contributed by atoms with Gasteiger partial charge in [0.1, 0.15) is 6.54 Å². The lowest BCUT2D eigenvalue weighted by molar-refractivity contribution is -0.130. The lowest BCUT2D eigenvalue weighted by Gasteiger charge is -2.27. The predicted molar refractivity (Wildman–Crippen MR) is 105 cm³/mol. The number of amides is 1. The van der Waals surface area contributed by atoms with Crippen molar-refractivity contribution in [2.75, 3.05) is 26.2 Å². The first-order valence-electron chi connectivity index (χ1n) is 8.07. The van der Waals surface area contributed by atoms with Crippen LogP contribution in [0, 0.1) is 0 Å². The van der Waals surface area contributed by atoms with Crippen molar-refractivity contribution in [2.24, 2.45) is 10.7 Å². The summed E-state index contributed by atoms with van der Waals surface area (Å²) in [6.07, 6.45) is 3.56. The van der Waals surface area contributed by atoms with Gasteiger partial charge in [0, 0.05) is 26.2 Å². The molecule has 1 fully saturated rings. The molecule has 128 valence electrons. The van der Waals surface area contributed by atoms with Gasteiger partial charge in [0.25, 0.3) is 0 Å². The molecule has 0 unspecified atom stereocenters. The molecule has 1 aliphatic rings. The molecule has 0 aromatic heterocycles. The molecule has 0 spiro atoms. The topological polar surface area (TPSA) is 61.9 Å². The third-order valence-corrected chi connectivity index (χ3v) is 4.01. The van der Waals surface area contributed by atoms with E-state index in [4.69, 9.17) is 5.73 Å². The van der Waals surface area contributed by atoms with Crippen LogP contribution in [-0.2, 0) is 11.3 Å². The molecule has 1 amide bonds. The molecule has 1 aromatic carbocycles. The summed E-state index contributed by atoms with van der Waals surface area (Å²) in [5.41, 5.74) is 7.13. The summed E-state index contributed by atoms with van der Waals surface area (Å²) in [5.74, 6) is 0.523. The van der Waals surface area contributed by atoms with Gasteiger partial charge < -0.3 is 15.5 Å². The first kappa shape index (κ1) is 19.7. The van der Waals surface area contributed by atoms with E-state index in [2.05, 4.69) is 9.89 Å². The van der Waals surface area contributed by atoms with E-state index in [-0.39, 0.29) is 36.4 Å². The minimum Gasteiger partial charge on any atom is -0.370 e. The zero-order chi connectivity index (χ0) is 15.8. The van der Waals surface area contributed by atoms with Gasteiger partial charge in [-0.3, -0.25) is 4.79 Å². The highest BCUT2D eigenvalue weighted by Gasteiger charge is 2.14. The van der Waals surface area contributed by atoms with Crippen molar-refractivity contribution in [1.29, 1.82) is 0 Å². The normalized spacial score (nSPS) is 15.0. The quantitative estimate of drug-likeness (QED) is 0.444. The average molecular weight is 430 g/mol. The highest BCUT2D eigenvalue weighted by molar-refractivity contribution is 14.0. The third-order valence-electron chi connectivity index (χ3n) is 4.01. The second-order valence-electron chi connectivity index (χ2n) is 5.62. The molecule has 1 saturated heterocycles. The summed E-state index contributed by atoms with van der Waals surface area (Å²) in [4.78, 5) is 20.5. The number of benzene rings is 1. The number of hydrogen-bond acceptors (Lipinski definition) is 2. The maximum absolute atomic E-state index is 12.3. The first-order valence-corrected chi connectivity index (χ1v) is 8.07. The summed E-state index contributed by atoms with van der Waals surface area (Å²) in [6.45, 7) is 5.31. The van der Waals surface area contributed by atoms with Crippen molar-refractivity contribution in [1.82, 2.24) is 9.80 Å².